The Morgan fingerprint density at radius 2 is 1.83 bits per heavy atom. The molecule has 1 unspecified atom stereocenters. The molecule has 216 valence electrons. The molecule has 4 aromatic rings. The van der Waals surface area contributed by atoms with Crippen LogP contribution in [0.5, 0.6) is 0 Å². The lowest BCUT2D eigenvalue weighted by Crippen LogP contribution is -2.37. The summed E-state index contributed by atoms with van der Waals surface area (Å²) in [5.74, 6) is 1.09. The zero-order valence-corrected chi connectivity index (χ0v) is 23.9. The van der Waals surface area contributed by atoms with Gasteiger partial charge < -0.3 is 24.7 Å². The molecule has 1 aliphatic heterocycles. The van der Waals surface area contributed by atoms with Gasteiger partial charge in [-0.1, -0.05) is 30.3 Å². The number of hydrogen-bond donors (Lipinski definition) is 2. The number of rotatable bonds is 9. The molecule has 14 heteroatoms. The third-order valence-corrected chi connectivity index (χ3v) is 8.88. The summed E-state index contributed by atoms with van der Waals surface area (Å²) < 4.78 is 39.9. The van der Waals surface area contributed by atoms with Crippen LogP contribution < -0.4 is 15.5 Å². The Morgan fingerprint density at radius 3 is 2.51 bits per heavy atom. The first kappa shape index (κ1) is 27.2. The van der Waals surface area contributed by atoms with Gasteiger partial charge in [-0.25, -0.2) is 4.98 Å². The van der Waals surface area contributed by atoms with E-state index in [1.54, 1.807) is 12.1 Å². The monoisotopic (exact) mass is 580 g/mol. The highest BCUT2D eigenvalue weighted by molar-refractivity contribution is 7.87. The molecule has 0 radical (unpaired) electrons. The molecule has 4 heterocycles. The van der Waals surface area contributed by atoms with E-state index in [4.69, 9.17) is 14.1 Å². The molecule has 2 aliphatic rings. The van der Waals surface area contributed by atoms with E-state index in [0.29, 0.717) is 54.8 Å². The third-order valence-electron chi connectivity index (χ3n) is 7.24. The first-order valence-corrected chi connectivity index (χ1v) is 14.9. The van der Waals surface area contributed by atoms with E-state index in [2.05, 4.69) is 20.7 Å². The molecule has 1 saturated carbocycles. The van der Waals surface area contributed by atoms with Crippen LogP contribution in [0.4, 0.5) is 17.6 Å². The van der Waals surface area contributed by atoms with Gasteiger partial charge in [0, 0.05) is 50.9 Å². The topological polar surface area (TPSA) is 148 Å². The lowest BCUT2D eigenvalue weighted by atomic mass is 10.2. The van der Waals surface area contributed by atoms with E-state index in [9.17, 15) is 13.2 Å². The molecule has 3 aromatic heterocycles. The molecule has 1 atom stereocenters. The van der Waals surface area contributed by atoms with Crippen LogP contribution in [0.25, 0.3) is 22.4 Å². The van der Waals surface area contributed by atoms with Crippen LogP contribution >= 0.6 is 0 Å². The number of carbonyl (C=O) groups excluding carboxylic acids is 1. The van der Waals surface area contributed by atoms with Crippen molar-refractivity contribution in [1.82, 2.24) is 28.8 Å². The SMILES string of the molecule is CC(NC(=O)c1cc2nc(Nc3cc(-c4ccccc4)nn3S(=O)(=O)N(C)C)nc(N3CCOCC3)c2o1)C1CC1. The summed E-state index contributed by atoms with van der Waals surface area (Å²) in [6, 6.07) is 12.5. The Hall–Kier alpha value is -4.01. The van der Waals surface area contributed by atoms with Crippen molar-refractivity contribution >= 4 is 44.8 Å². The zero-order valence-electron chi connectivity index (χ0n) is 23.1. The summed E-state index contributed by atoms with van der Waals surface area (Å²) in [5, 5.41) is 10.5. The average molecular weight is 581 g/mol. The lowest BCUT2D eigenvalue weighted by molar-refractivity contribution is 0.0909. The maximum Gasteiger partial charge on any atom is 0.324 e. The van der Waals surface area contributed by atoms with Crippen LogP contribution in [-0.4, -0.2) is 84.2 Å². The van der Waals surface area contributed by atoms with Crippen molar-refractivity contribution in [2.75, 3.05) is 50.6 Å². The van der Waals surface area contributed by atoms with Crippen molar-refractivity contribution in [3.63, 3.8) is 0 Å². The fourth-order valence-corrected chi connectivity index (χ4v) is 5.56. The number of hydrogen-bond acceptors (Lipinski definition) is 10. The number of anilines is 3. The first-order chi connectivity index (χ1) is 19.7. The van der Waals surface area contributed by atoms with Crippen molar-refractivity contribution in [2.24, 2.45) is 5.92 Å². The minimum Gasteiger partial charge on any atom is -0.445 e. The highest BCUT2D eigenvalue weighted by Crippen LogP contribution is 2.34. The van der Waals surface area contributed by atoms with Gasteiger partial charge in [-0.05, 0) is 25.7 Å². The van der Waals surface area contributed by atoms with Crippen LogP contribution in [0.15, 0.2) is 46.9 Å². The quantitative estimate of drug-likeness (QED) is 0.303. The van der Waals surface area contributed by atoms with Crippen molar-refractivity contribution < 1.29 is 22.4 Å². The van der Waals surface area contributed by atoms with E-state index in [1.807, 2.05) is 42.2 Å². The molecule has 13 nitrogen and oxygen atoms in total. The van der Waals surface area contributed by atoms with E-state index in [1.165, 1.54) is 14.1 Å². The molecule has 2 fully saturated rings. The van der Waals surface area contributed by atoms with Crippen molar-refractivity contribution in [1.29, 1.82) is 0 Å². The molecule has 2 N–H and O–H groups in total. The van der Waals surface area contributed by atoms with Gasteiger partial charge in [0.1, 0.15) is 11.3 Å². The summed E-state index contributed by atoms with van der Waals surface area (Å²) in [5.41, 5.74) is 2.00. The van der Waals surface area contributed by atoms with Crippen molar-refractivity contribution in [2.45, 2.75) is 25.8 Å². The fraction of sp³-hybridized carbons (Fsp3) is 0.407. The standard InChI is InChI=1S/C27H32N8O5S/c1-17(18-9-10-18)28-26(36)22-15-21-24(40-22)25(34-11-13-39-14-12-34)31-27(29-21)30-23-16-20(19-7-5-4-6-8-19)32-35(23)41(37,38)33(2)3/h4-8,15-18H,9-14H2,1-3H3,(H,28,36)(H,29,30,31). The number of ether oxygens (including phenoxy) is 1. The van der Waals surface area contributed by atoms with Gasteiger partial charge in [-0.3, -0.25) is 4.79 Å². The number of aromatic nitrogens is 4. The van der Waals surface area contributed by atoms with Gasteiger partial charge in [-0.15, -0.1) is 4.09 Å². The van der Waals surface area contributed by atoms with Gasteiger partial charge in [-0.2, -0.15) is 22.8 Å². The maximum atomic E-state index is 13.2. The molecule has 1 amide bonds. The predicted molar refractivity (Wildman–Crippen MR) is 153 cm³/mol. The van der Waals surface area contributed by atoms with E-state index in [-0.39, 0.29) is 29.5 Å². The van der Waals surface area contributed by atoms with Crippen LogP contribution in [0, 0.1) is 5.92 Å². The third kappa shape index (κ3) is 5.49. The molecule has 6 rings (SSSR count). The number of furan rings is 1. The second-order valence-corrected chi connectivity index (χ2v) is 12.4. The Morgan fingerprint density at radius 1 is 1.10 bits per heavy atom. The number of amides is 1. The summed E-state index contributed by atoms with van der Waals surface area (Å²) in [7, 11) is -1.12. The van der Waals surface area contributed by atoms with Crippen LogP contribution in [0.1, 0.15) is 30.3 Å². The Balaban J connectivity index is 1.41. The first-order valence-electron chi connectivity index (χ1n) is 13.5. The number of carbonyl (C=O) groups is 1. The number of benzene rings is 1. The predicted octanol–water partition coefficient (Wildman–Crippen LogP) is 2.85. The zero-order chi connectivity index (χ0) is 28.7. The minimum atomic E-state index is -3.99. The van der Waals surface area contributed by atoms with Crippen molar-refractivity contribution in [3.05, 3.63) is 48.2 Å². The minimum absolute atomic E-state index is 0.0514. The Kier molecular flexibility index (Phi) is 7.13. The van der Waals surface area contributed by atoms with Crippen molar-refractivity contribution in [3.8, 4) is 11.3 Å². The van der Waals surface area contributed by atoms with E-state index >= 15 is 0 Å². The smallest absolute Gasteiger partial charge is 0.324 e. The second kappa shape index (κ2) is 10.8. The van der Waals surface area contributed by atoms with E-state index in [0.717, 1.165) is 26.8 Å². The number of nitrogens with zero attached hydrogens (tertiary/aromatic N) is 6. The normalized spacial score (nSPS) is 16.7. The molecular formula is C27H32N8O5S. The molecule has 1 saturated heterocycles. The Bertz CT molecular complexity index is 1670. The highest BCUT2D eigenvalue weighted by atomic mass is 32.2. The molecule has 0 bridgehead atoms. The molecule has 1 aliphatic carbocycles. The second-order valence-electron chi connectivity index (χ2n) is 10.4. The van der Waals surface area contributed by atoms with Gasteiger partial charge in [0.25, 0.3) is 5.91 Å². The van der Waals surface area contributed by atoms with Crippen LogP contribution in [-0.2, 0) is 14.9 Å². The Labute approximate surface area is 237 Å². The molecule has 0 spiro atoms. The van der Waals surface area contributed by atoms with Gasteiger partial charge >= 0.3 is 10.2 Å². The number of fused-ring (bicyclic) bond motifs is 1. The molecule has 41 heavy (non-hydrogen) atoms. The highest BCUT2D eigenvalue weighted by Gasteiger charge is 2.31. The summed E-state index contributed by atoms with van der Waals surface area (Å²) in [6.07, 6.45) is 2.21. The van der Waals surface area contributed by atoms with Crippen LogP contribution in [0.2, 0.25) is 0 Å². The van der Waals surface area contributed by atoms with Gasteiger partial charge in [0.2, 0.25) is 5.95 Å². The number of morpholine rings is 1. The maximum absolute atomic E-state index is 13.2. The van der Waals surface area contributed by atoms with Gasteiger partial charge in [0.05, 0.1) is 18.9 Å². The summed E-state index contributed by atoms with van der Waals surface area (Å²) in [4.78, 5) is 24.3. The molecular weight excluding hydrogens is 548 g/mol. The average Bonchev–Trinajstić information content (AvgIpc) is 3.60. The van der Waals surface area contributed by atoms with Crippen LogP contribution in [0.3, 0.4) is 0 Å². The van der Waals surface area contributed by atoms with Gasteiger partial charge in [0.15, 0.2) is 17.2 Å². The lowest BCUT2D eigenvalue weighted by Gasteiger charge is -2.27. The molecule has 1 aromatic carbocycles. The summed E-state index contributed by atoms with van der Waals surface area (Å²) in [6.45, 7) is 4.15. The van der Waals surface area contributed by atoms with E-state index < -0.39 is 10.2 Å². The summed E-state index contributed by atoms with van der Waals surface area (Å²) >= 11 is 0. The largest absolute Gasteiger partial charge is 0.445 e. The fourth-order valence-electron chi connectivity index (χ4n) is 4.71. The number of nitrogens with one attached hydrogen (secondary N) is 2.